The van der Waals surface area contributed by atoms with E-state index < -0.39 is 37.3 Å². The number of aromatic hydroxyl groups is 1. The van der Waals surface area contributed by atoms with Gasteiger partial charge in [0.05, 0.1) is 19.8 Å². The Labute approximate surface area is 162 Å². The second-order valence-corrected chi connectivity index (χ2v) is 6.62. The molecule has 0 aromatic heterocycles. The Hall–Kier alpha value is -2.20. The van der Waals surface area contributed by atoms with Crippen molar-refractivity contribution in [1.82, 2.24) is 0 Å². The molecule has 8 heteroatoms. The van der Waals surface area contributed by atoms with Crippen LogP contribution in [0.2, 0.25) is 0 Å². The molecule has 1 aliphatic heterocycles. The zero-order chi connectivity index (χ0) is 20.1. The summed E-state index contributed by atoms with van der Waals surface area (Å²) in [6.07, 6.45) is -6.59. The molecule has 0 saturated carbocycles. The van der Waals surface area contributed by atoms with Crippen molar-refractivity contribution in [2.45, 2.75) is 43.9 Å². The first-order valence-electron chi connectivity index (χ1n) is 8.89. The molecule has 8 nitrogen and oxygen atoms in total. The van der Waals surface area contributed by atoms with Gasteiger partial charge >= 0.3 is 0 Å². The molecule has 0 bridgehead atoms. The van der Waals surface area contributed by atoms with Crippen LogP contribution in [0.4, 0.5) is 0 Å². The van der Waals surface area contributed by atoms with E-state index in [4.69, 9.17) is 14.2 Å². The van der Waals surface area contributed by atoms with E-state index in [2.05, 4.69) is 0 Å². The van der Waals surface area contributed by atoms with Gasteiger partial charge in [-0.3, -0.25) is 0 Å². The molecule has 0 unspecified atom stereocenters. The zero-order valence-electron chi connectivity index (χ0n) is 15.1. The molecule has 152 valence electrons. The lowest BCUT2D eigenvalue weighted by Gasteiger charge is -2.39. The van der Waals surface area contributed by atoms with Crippen LogP contribution in [-0.4, -0.2) is 62.8 Å². The summed E-state index contributed by atoms with van der Waals surface area (Å²) in [5, 5.41) is 48.0. The first-order chi connectivity index (χ1) is 13.5. The smallest absolute Gasteiger partial charge is 0.229 e. The lowest BCUT2D eigenvalue weighted by molar-refractivity contribution is -0.277. The predicted octanol–water partition coefficient (Wildman–Crippen LogP) is 0.288. The second-order valence-electron chi connectivity index (χ2n) is 6.62. The van der Waals surface area contributed by atoms with Crippen LogP contribution in [-0.2, 0) is 22.7 Å². The number of phenolic OH excluding ortho intramolecular Hbond substituents is 1. The zero-order valence-corrected chi connectivity index (χ0v) is 15.1. The lowest BCUT2D eigenvalue weighted by Crippen LogP contribution is -2.60. The molecule has 1 heterocycles. The Bertz CT molecular complexity index is 731. The Morgan fingerprint density at radius 3 is 1.93 bits per heavy atom. The number of phenols is 1. The van der Waals surface area contributed by atoms with E-state index in [1.807, 2.05) is 0 Å². The number of benzene rings is 2. The third-order valence-corrected chi connectivity index (χ3v) is 4.50. The van der Waals surface area contributed by atoms with Gasteiger partial charge in [0.2, 0.25) is 6.29 Å². The Morgan fingerprint density at radius 2 is 1.36 bits per heavy atom. The molecule has 2 aromatic rings. The van der Waals surface area contributed by atoms with Crippen molar-refractivity contribution in [1.29, 1.82) is 0 Å². The first kappa shape index (κ1) is 20.5. The molecule has 0 aliphatic carbocycles. The number of aliphatic hydroxyl groups excluding tert-OH is 4. The van der Waals surface area contributed by atoms with E-state index in [1.54, 1.807) is 48.5 Å². The van der Waals surface area contributed by atoms with Gasteiger partial charge in [0.25, 0.3) is 0 Å². The third kappa shape index (κ3) is 4.99. The van der Waals surface area contributed by atoms with Crippen LogP contribution < -0.4 is 4.74 Å². The summed E-state index contributed by atoms with van der Waals surface area (Å²) in [6.45, 7) is 0.271. The molecular weight excluding hydrogens is 368 g/mol. The average Bonchev–Trinajstić information content (AvgIpc) is 2.71. The van der Waals surface area contributed by atoms with Crippen LogP contribution in [0, 0.1) is 0 Å². The molecule has 5 N–H and O–H groups in total. The quantitative estimate of drug-likeness (QED) is 0.455. The topological polar surface area (TPSA) is 129 Å². The second kappa shape index (κ2) is 9.33. The largest absolute Gasteiger partial charge is 0.508 e. The predicted molar refractivity (Wildman–Crippen MR) is 97.4 cm³/mol. The first-order valence-corrected chi connectivity index (χ1v) is 8.89. The van der Waals surface area contributed by atoms with Crippen LogP contribution in [0.25, 0.3) is 0 Å². The highest BCUT2D eigenvalue weighted by Crippen LogP contribution is 2.24. The fourth-order valence-electron chi connectivity index (χ4n) is 2.84. The van der Waals surface area contributed by atoms with Gasteiger partial charge in [-0.1, -0.05) is 24.3 Å². The van der Waals surface area contributed by atoms with Gasteiger partial charge in [0.15, 0.2) is 0 Å². The standard InChI is InChI=1S/C20H24O8/c21-9-16-17(23)18(24)19(25)20(28-16)27-15-7-3-13(4-8-15)11-26-10-12-1-5-14(22)6-2-12/h1-8,16-25H,9-11H2/t16-,17-,18+,19-,20+/m1/s1. The maximum Gasteiger partial charge on any atom is 0.229 e. The van der Waals surface area contributed by atoms with E-state index in [-0.39, 0.29) is 5.75 Å². The van der Waals surface area contributed by atoms with Crippen LogP contribution in [0.15, 0.2) is 48.5 Å². The maximum absolute atomic E-state index is 10.0. The lowest BCUT2D eigenvalue weighted by atomic mass is 9.99. The molecule has 0 amide bonds. The summed E-state index contributed by atoms with van der Waals surface area (Å²) in [5.74, 6) is 0.602. The Balaban J connectivity index is 1.51. The molecule has 1 saturated heterocycles. The minimum absolute atomic E-state index is 0.207. The Kier molecular flexibility index (Phi) is 6.84. The van der Waals surface area contributed by atoms with Gasteiger partial charge in [0.1, 0.15) is 35.9 Å². The number of hydrogen-bond donors (Lipinski definition) is 5. The van der Waals surface area contributed by atoms with E-state index in [1.165, 1.54) is 0 Å². The molecule has 1 fully saturated rings. The summed E-state index contributed by atoms with van der Waals surface area (Å²) in [6, 6.07) is 13.7. The molecule has 3 rings (SSSR count). The maximum atomic E-state index is 10.0. The van der Waals surface area contributed by atoms with Gasteiger partial charge in [0, 0.05) is 0 Å². The third-order valence-electron chi connectivity index (χ3n) is 4.50. The van der Waals surface area contributed by atoms with Crippen LogP contribution in [0.5, 0.6) is 11.5 Å². The monoisotopic (exact) mass is 392 g/mol. The van der Waals surface area contributed by atoms with E-state index in [0.717, 1.165) is 11.1 Å². The van der Waals surface area contributed by atoms with Gasteiger partial charge in [-0.2, -0.15) is 0 Å². The number of rotatable bonds is 7. The normalized spacial score (nSPS) is 27.5. The van der Waals surface area contributed by atoms with Gasteiger partial charge in [-0.05, 0) is 35.4 Å². The summed E-state index contributed by atoms with van der Waals surface area (Å²) in [7, 11) is 0. The molecule has 1 aliphatic rings. The van der Waals surface area contributed by atoms with E-state index >= 15 is 0 Å². The summed E-state index contributed by atoms with van der Waals surface area (Å²) in [4.78, 5) is 0. The van der Waals surface area contributed by atoms with E-state index in [0.29, 0.717) is 19.0 Å². The van der Waals surface area contributed by atoms with Gasteiger partial charge in [-0.25, -0.2) is 0 Å². The highest BCUT2D eigenvalue weighted by Gasteiger charge is 2.44. The van der Waals surface area contributed by atoms with E-state index in [9.17, 15) is 25.5 Å². The van der Waals surface area contributed by atoms with Gasteiger partial charge in [-0.15, -0.1) is 0 Å². The van der Waals surface area contributed by atoms with Crippen LogP contribution in [0.3, 0.4) is 0 Å². The van der Waals surface area contributed by atoms with Crippen molar-refractivity contribution in [2.24, 2.45) is 0 Å². The van der Waals surface area contributed by atoms with Crippen molar-refractivity contribution in [3.63, 3.8) is 0 Å². The highest BCUT2D eigenvalue weighted by molar-refractivity contribution is 5.27. The molecule has 0 spiro atoms. The molecule has 0 radical (unpaired) electrons. The fraction of sp³-hybridized carbons (Fsp3) is 0.400. The SMILES string of the molecule is OC[C@H]1O[C@H](Oc2ccc(COCc3ccc(O)cc3)cc2)[C@H](O)[C@@H](O)[C@@H]1O. The summed E-state index contributed by atoms with van der Waals surface area (Å²) in [5.41, 5.74) is 1.85. The van der Waals surface area contributed by atoms with Crippen LogP contribution >= 0.6 is 0 Å². The summed E-state index contributed by atoms with van der Waals surface area (Å²) >= 11 is 0. The molecular formula is C20H24O8. The summed E-state index contributed by atoms with van der Waals surface area (Å²) < 4.78 is 16.5. The van der Waals surface area contributed by atoms with Crippen molar-refractivity contribution >= 4 is 0 Å². The van der Waals surface area contributed by atoms with Crippen molar-refractivity contribution in [3.05, 3.63) is 59.7 Å². The average molecular weight is 392 g/mol. The fourth-order valence-corrected chi connectivity index (χ4v) is 2.84. The van der Waals surface area contributed by atoms with Crippen molar-refractivity contribution in [3.8, 4) is 11.5 Å². The minimum atomic E-state index is -1.48. The van der Waals surface area contributed by atoms with Crippen molar-refractivity contribution < 1.29 is 39.7 Å². The van der Waals surface area contributed by atoms with Crippen molar-refractivity contribution in [2.75, 3.05) is 6.61 Å². The Morgan fingerprint density at radius 1 is 0.786 bits per heavy atom. The minimum Gasteiger partial charge on any atom is -0.508 e. The molecule has 28 heavy (non-hydrogen) atoms. The molecule has 2 aromatic carbocycles. The van der Waals surface area contributed by atoms with Gasteiger partial charge < -0.3 is 39.7 Å². The number of aliphatic hydroxyl groups is 4. The molecule has 5 atom stereocenters. The highest BCUT2D eigenvalue weighted by atomic mass is 16.7. The van der Waals surface area contributed by atoms with Crippen LogP contribution in [0.1, 0.15) is 11.1 Å². The number of hydrogen-bond acceptors (Lipinski definition) is 8. The number of ether oxygens (including phenoxy) is 3.